The molecule has 0 saturated heterocycles. The maximum absolute atomic E-state index is 12.4. The molecule has 14 heteroatoms. The van der Waals surface area contributed by atoms with E-state index in [-0.39, 0.29) is 71.7 Å². The number of carbonyl (C=O) groups is 2. The number of rotatable bonds is 15. The summed E-state index contributed by atoms with van der Waals surface area (Å²) in [6.45, 7) is 15.0. The Morgan fingerprint density at radius 3 is 1.65 bits per heavy atom. The van der Waals surface area contributed by atoms with Gasteiger partial charge in [0.15, 0.2) is 0 Å². The Kier molecular flexibility index (Phi) is 13.7. The van der Waals surface area contributed by atoms with Crippen LogP contribution < -0.4 is 19.9 Å². The summed E-state index contributed by atoms with van der Waals surface area (Å²) < 4.78 is 54.5. The molecule has 244 valence electrons. The molecule has 0 bridgehead atoms. The van der Waals surface area contributed by atoms with Crippen molar-refractivity contribution in [2.45, 2.75) is 30.6 Å². The van der Waals surface area contributed by atoms with E-state index in [1.165, 1.54) is 30.3 Å². The SMILES string of the molecule is [C-]#[N+]C(C#N)=c1cc(OCCCCOC(=O)c2ccccc2S(=O)(=O)O)c(=C(C#N)[N+]#[C-])cc1OCCCCOC(=O)c1ccccc1. The summed E-state index contributed by atoms with van der Waals surface area (Å²) in [6.07, 6.45) is 1.49. The van der Waals surface area contributed by atoms with Crippen LogP contribution in [-0.2, 0) is 19.6 Å². The zero-order chi connectivity index (χ0) is 34.9. The number of unbranched alkanes of at least 4 members (excludes halogenated alkanes) is 2. The third-order valence-corrected chi connectivity index (χ3v) is 7.39. The van der Waals surface area contributed by atoms with Crippen LogP contribution in [0.15, 0.2) is 71.6 Å². The van der Waals surface area contributed by atoms with Gasteiger partial charge in [0.2, 0.25) is 0 Å². The fourth-order valence-electron chi connectivity index (χ4n) is 4.16. The van der Waals surface area contributed by atoms with Gasteiger partial charge < -0.3 is 18.9 Å². The molecule has 0 aliphatic heterocycles. The zero-order valence-electron chi connectivity index (χ0n) is 25.4. The Bertz CT molecular complexity index is 2020. The first-order valence-corrected chi connectivity index (χ1v) is 15.8. The van der Waals surface area contributed by atoms with Gasteiger partial charge in [-0.25, -0.2) is 29.8 Å². The molecular formula is C34H28N4O9S. The largest absolute Gasteiger partial charge is 0.494 e. The minimum absolute atomic E-state index is 0.0180. The van der Waals surface area contributed by atoms with Crippen molar-refractivity contribution >= 4 is 33.5 Å². The lowest BCUT2D eigenvalue weighted by molar-refractivity contribution is 0.0482. The van der Waals surface area contributed by atoms with Gasteiger partial charge in [-0.2, -0.15) is 8.42 Å². The molecule has 0 fully saturated rings. The van der Waals surface area contributed by atoms with Gasteiger partial charge in [0.25, 0.3) is 21.5 Å². The minimum Gasteiger partial charge on any atom is -0.494 e. The number of esters is 2. The number of hydrogen-bond acceptors (Lipinski definition) is 10. The third-order valence-electron chi connectivity index (χ3n) is 6.48. The summed E-state index contributed by atoms with van der Waals surface area (Å²) in [5, 5.41) is 19.3. The first-order chi connectivity index (χ1) is 23.1. The predicted molar refractivity (Wildman–Crippen MR) is 170 cm³/mol. The van der Waals surface area contributed by atoms with Gasteiger partial charge in [-0.05, 0) is 62.1 Å². The fraction of sp³-hybridized carbons (Fsp3) is 0.235. The topological polar surface area (TPSA) is 182 Å². The molecule has 3 aromatic carbocycles. The molecule has 0 radical (unpaired) electrons. The molecule has 0 aliphatic rings. The van der Waals surface area contributed by atoms with Crippen LogP contribution in [0, 0.1) is 35.8 Å². The Morgan fingerprint density at radius 1 is 0.708 bits per heavy atom. The van der Waals surface area contributed by atoms with Crippen LogP contribution in [-0.4, -0.2) is 51.3 Å². The van der Waals surface area contributed by atoms with Crippen molar-refractivity contribution in [1.82, 2.24) is 0 Å². The van der Waals surface area contributed by atoms with E-state index in [0.717, 1.165) is 6.07 Å². The molecule has 0 spiro atoms. The summed E-state index contributed by atoms with van der Waals surface area (Å²) in [4.78, 5) is 30.4. The van der Waals surface area contributed by atoms with Crippen LogP contribution in [0.3, 0.4) is 0 Å². The lowest BCUT2D eigenvalue weighted by Crippen LogP contribution is -2.20. The molecule has 0 aromatic heterocycles. The van der Waals surface area contributed by atoms with Crippen LogP contribution >= 0.6 is 0 Å². The second kappa shape index (κ2) is 18.1. The third kappa shape index (κ3) is 10.2. The highest BCUT2D eigenvalue weighted by Crippen LogP contribution is 2.17. The van der Waals surface area contributed by atoms with E-state index in [2.05, 4.69) is 9.69 Å². The molecule has 1 N–H and O–H groups in total. The quantitative estimate of drug-likeness (QED) is 0.107. The first kappa shape index (κ1) is 36.3. The first-order valence-electron chi connectivity index (χ1n) is 14.3. The smallest absolute Gasteiger partial charge is 0.339 e. The van der Waals surface area contributed by atoms with Crippen LogP contribution in [0.5, 0.6) is 11.5 Å². The van der Waals surface area contributed by atoms with Gasteiger partial charge >= 0.3 is 11.9 Å². The highest BCUT2D eigenvalue weighted by Gasteiger charge is 2.21. The molecule has 0 heterocycles. The van der Waals surface area contributed by atoms with E-state index >= 15 is 0 Å². The highest BCUT2D eigenvalue weighted by molar-refractivity contribution is 7.86. The standard InChI is InChI=1S/C34H28N4O9S/c1-37-28(22-35)26-21-31(45-17-9-11-19-47-34(40)25-14-6-7-15-32(25)48(41,42)43)27(29(23-36)38-2)20-30(26)44-16-8-10-18-46-33(39)24-12-4-3-5-13-24/h3-7,12-15,20-21H,8-11,16-19H2,(H,41,42,43). The molecule has 3 rings (SSSR count). The maximum Gasteiger partial charge on any atom is 0.339 e. The average molecular weight is 669 g/mol. The molecular weight excluding hydrogens is 640 g/mol. The molecule has 13 nitrogen and oxygen atoms in total. The van der Waals surface area contributed by atoms with Crippen molar-refractivity contribution in [3.05, 3.63) is 111 Å². The van der Waals surface area contributed by atoms with Crippen LogP contribution in [0.25, 0.3) is 21.1 Å². The summed E-state index contributed by atoms with van der Waals surface area (Å²) >= 11 is 0. The number of benzene rings is 3. The Morgan fingerprint density at radius 2 is 1.17 bits per heavy atom. The molecule has 0 atom stereocenters. The molecule has 48 heavy (non-hydrogen) atoms. The van der Waals surface area contributed by atoms with Crippen LogP contribution in [0.1, 0.15) is 46.4 Å². The van der Waals surface area contributed by atoms with E-state index in [1.54, 1.807) is 36.4 Å². The van der Waals surface area contributed by atoms with Crippen molar-refractivity contribution in [3.8, 4) is 23.6 Å². The maximum atomic E-state index is 12.4. The Hall–Kier alpha value is -6.19. The monoisotopic (exact) mass is 668 g/mol. The molecule has 0 unspecified atom stereocenters. The minimum atomic E-state index is -4.63. The normalized spacial score (nSPS) is 11.8. The molecule has 0 saturated carbocycles. The second-order valence-electron chi connectivity index (χ2n) is 9.71. The van der Waals surface area contributed by atoms with Gasteiger partial charge in [0.1, 0.15) is 16.4 Å². The number of ether oxygens (including phenoxy) is 4. The summed E-state index contributed by atoms with van der Waals surface area (Å²) in [7, 11) is -4.63. The van der Waals surface area contributed by atoms with Crippen LogP contribution in [0.4, 0.5) is 0 Å². The van der Waals surface area contributed by atoms with Crippen molar-refractivity contribution in [3.63, 3.8) is 0 Å². The van der Waals surface area contributed by atoms with E-state index in [4.69, 9.17) is 32.1 Å². The van der Waals surface area contributed by atoms with Gasteiger partial charge in [0.05, 0.1) is 62.8 Å². The second-order valence-corrected chi connectivity index (χ2v) is 11.1. The molecule has 0 amide bonds. The van der Waals surface area contributed by atoms with E-state index in [9.17, 15) is 33.1 Å². The van der Waals surface area contributed by atoms with E-state index in [0.29, 0.717) is 24.8 Å². The lowest BCUT2D eigenvalue weighted by Gasteiger charge is -2.13. The summed E-state index contributed by atoms with van der Waals surface area (Å²) in [5.41, 5.74) is -0.511. The Balaban J connectivity index is 1.67. The van der Waals surface area contributed by atoms with Crippen molar-refractivity contribution in [1.29, 1.82) is 10.5 Å². The Labute approximate surface area is 276 Å². The lowest BCUT2D eigenvalue weighted by atomic mass is 10.1. The average Bonchev–Trinajstić information content (AvgIpc) is 3.09. The predicted octanol–water partition coefficient (Wildman–Crippen LogP) is 4.07. The zero-order valence-corrected chi connectivity index (χ0v) is 26.2. The number of nitrogens with zero attached hydrogens (tertiary/aromatic N) is 4. The van der Waals surface area contributed by atoms with E-state index < -0.39 is 27.0 Å². The van der Waals surface area contributed by atoms with Crippen molar-refractivity contribution in [2.24, 2.45) is 0 Å². The molecule has 3 aromatic rings. The number of carbonyl (C=O) groups excluding carboxylic acids is 2. The van der Waals surface area contributed by atoms with Gasteiger partial charge in [-0.3, -0.25) is 4.55 Å². The highest BCUT2D eigenvalue weighted by atomic mass is 32.2. The summed E-state index contributed by atoms with van der Waals surface area (Å²) in [6, 6.07) is 19.9. The van der Waals surface area contributed by atoms with E-state index in [1.807, 2.05) is 6.07 Å². The number of hydrogen-bond donors (Lipinski definition) is 1. The fourth-order valence-corrected chi connectivity index (χ4v) is 4.84. The van der Waals surface area contributed by atoms with Gasteiger partial charge in [0, 0.05) is 10.4 Å². The number of nitriles is 2. The van der Waals surface area contributed by atoms with Gasteiger partial charge in [-0.1, -0.05) is 30.3 Å². The molecule has 0 aliphatic carbocycles. The summed E-state index contributed by atoms with van der Waals surface area (Å²) in [5.74, 6) is -1.26. The van der Waals surface area contributed by atoms with Gasteiger partial charge in [-0.15, -0.1) is 0 Å². The van der Waals surface area contributed by atoms with Crippen LogP contribution in [0.2, 0.25) is 0 Å². The van der Waals surface area contributed by atoms with Crippen molar-refractivity contribution < 1.29 is 41.5 Å². The van der Waals surface area contributed by atoms with Crippen molar-refractivity contribution in [2.75, 3.05) is 26.4 Å².